The van der Waals surface area contributed by atoms with Crippen LogP contribution in [0.2, 0.25) is 0 Å². The van der Waals surface area contributed by atoms with Gasteiger partial charge in [0.2, 0.25) is 11.9 Å². The monoisotopic (exact) mass is 244 g/mol. The summed E-state index contributed by atoms with van der Waals surface area (Å²) in [4.78, 5) is 15.6. The van der Waals surface area contributed by atoms with Gasteiger partial charge in [-0.2, -0.15) is 4.98 Å². The van der Waals surface area contributed by atoms with Gasteiger partial charge in [-0.1, -0.05) is 32.0 Å². The Morgan fingerprint density at radius 3 is 2.61 bits per heavy atom. The van der Waals surface area contributed by atoms with Crippen LogP contribution in [0.3, 0.4) is 0 Å². The summed E-state index contributed by atoms with van der Waals surface area (Å²) in [5.41, 5.74) is 0.943. The highest BCUT2D eigenvalue weighted by Gasteiger charge is 2.11. The van der Waals surface area contributed by atoms with Crippen molar-refractivity contribution < 1.29 is 4.79 Å². The van der Waals surface area contributed by atoms with Gasteiger partial charge in [0, 0.05) is 12.8 Å². The topological polar surface area (TPSA) is 59.8 Å². The van der Waals surface area contributed by atoms with E-state index in [0.717, 1.165) is 17.9 Å². The lowest BCUT2D eigenvalue weighted by atomic mass is 10.3. The average Bonchev–Trinajstić information content (AvgIpc) is 2.82. The lowest BCUT2D eigenvalue weighted by molar-refractivity contribution is -0.115. The summed E-state index contributed by atoms with van der Waals surface area (Å²) < 4.78 is 1.76. The summed E-state index contributed by atoms with van der Waals surface area (Å²) in [7, 11) is 0. The van der Waals surface area contributed by atoms with Crippen LogP contribution in [0.1, 0.15) is 26.1 Å². The summed E-state index contributed by atoms with van der Waals surface area (Å²) >= 11 is 0. The van der Waals surface area contributed by atoms with Crippen molar-refractivity contribution in [3.63, 3.8) is 0 Å². The molecule has 2 aromatic rings. The van der Waals surface area contributed by atoms with E-state index < -0.39 is 0 Å². The highest BCUT2D eigenvalue weighted by molar-refractivity contribution is 5.88. The Kier molecular flexibility index (Phi) is 3.72. The first kappa shape index (κ1) is 12.3. The van der Waals surface area contributed by atoms with Crippen molar-refractivity contribution in [2.45, 2.75) is 26.7 Å². The number of nitrogens with zero attached hydrogens (tertiary/aromatic N) is 3. The number of carbonyl (C=O) groups is 1. The fourth-order valence-electron chi connectivity index (χ4n) is 1.62. The first-order chi connectivity index (χ1) is 8.74. The average molecular weight is 244 g/mol. The van der Waals surface area contributed by atoms with Gasteiger partial charge in [-0.05, 0) is 12.1 Å². The third kappa shape index (κ3) is 2.56. The summed E-state index contributed by atoms with van der Waals surface area (Å²) in [6, 6.07) is 9.76. The number of rotatable bonds is 4. The fourth-order valence-corrected chi connectivity index (χ4v) is 1.62. The number of para-hydroxylation sites is 1. The molecule has 5 heteroatoms. The van der Waals surface area contributed by atoms with Crippen LogP contribution in [0.15, 0.2) is 30.3 Å². The van der Waals surface area contributed by atoms with Gasteiger partial charge >= 0.3 is 0 Å². The van der Waals surface area contributed by atoms with Crippen LogP contribution in [0.25, 0.3) is 5.69 Å². The molecule has 1 heterocycles. The Bertz CT molecular complexity index is 533. The number of anilines is 1. The lowest BCUT2D eigenvalue weighted by Crippen LogP contribution is -2.11. The normalized spacial score (nSPS) is 10.3. The quantitative estimate of drug-likeness (QED) is 0.896. The third-order valence-electron chi connectivity index (χ3n) is 2.56. The molecule has 0 fully saturated rings. The molecule has 0 saturated carbocycles. The molecule has 0 saturated heterocycles. The van der Waals surface area contributed by atoms with Gasteiger partial charge in [0.25, 0.3) is 0 Å². The molecular formula is C13H16N4O. The zero-order chi connectivity index (χ0) is 13.0. The van der Waals surface area contributed by atoms with E-state index in [2.05, 4.69) is 15.4 Å². The van der Waals surface area contributed by atoms with Crippen LogP contribution in [-0.2, 0) is 11.2 Å². The highest BCUT2D eigenvalue weighted by atomic mass is 16.1. The van der Waals surface area contributed by atoms with Crippen LogP contribution in [-0.4, -0.2) is 20.7 Å². The van der Waals surface area contributed by atoms with Crippen LogP contribution < -0.4 is 5.32 Å². The van der Waals surface area contributed by atoms with E-state index in [1.54, 1.807) is 11.6 Å². The minimum absolute atomic E-state index is 0.0807. The summed E-state index contributed by atoms with van der Waals surface area (Å²) in [5, 5.41) is 6.99. The zero-order valence-electron chi connectivity index (χ0n) is 10.6. The van der Waals surface area contributed by atoms with Crippen molar-refractivity contribution in [1.82, 2.24) is 14.8 Å². The largest absolute Gasteiger partial charge is 0.293 e. The number of aryl methyl sites for hydroxylation is 1. The first-order valence-electron chi connectivity index (χ1n) is 6.05. The molecule has 0 spiro atoms. The molecule has 18 heavy (non-hydrogen) atoms. The summed E-state index contributed by atoms with van der Waals surface area (Å²) in [5.74, 6) is 1.11. The number of benzene rings is 1. The second-order valence-electron chi connectivity index (χ2n) is 3.85. The summed E-state index contributed by atoms with van der Waals surface area (Å²) in [6.45, 7) is 3.80. The van der Waals surface area contributed by atoms with E-state index >= 15 is 0 Å². The van der Waals surface area contributed by atoms with Crippen molar-refractivity contribution in [1.29, 1.82) is 0 Å². The van der Waals surface area contributed by atoms with Crippen molar-refractivity contribution in [2.75, 3.05) is 5.32 Å². The molecule has 5 nitrogen and oxygen atoms in total. The van der Waals surface area contributed by atoms with Gasteiger partial charge in [-0.3, -0.25) is 10.1 Å². The van der Waals surface area contributed by atoms with Crippen molar-refractivity contribution in [3.8, 4) is 5.69 Å². The van der Waals surface area contributed by atoms with Crippen LogP contribution in [0, 0.1) is 0 Å². The summed E-state index contributed by atoms with van der Waals surface area (Å²) in [6.07, 6.45) is 1.17. The van der Waals surface area contributed by atoms with E-state index in [4.69, 9.17) is 0 Å². The molecular weight excluding hydrogens is 228 g/mol. The zero-order valence-corrected chi connectivity index (χ0v) is 10.6. The molecule has 0 bridgehead atoms. The molecule has 1 aromatic heterocycles. The van der Waals surface area contributed by atoms with Crippen LogP contribution >= 0.6 is 0 Å². The molecule has 0 radical (unpaired) electrons. The van der Waals surface area contributed by atoms with Gasteiger partial charge in [0.1, 0.15) is 5.82 Å². The van der Waals surface area contributed by atoms with Crippen molar-refractivity contribution in [3.05, 3.63) is 36.2 Å². The maximum Gasteiger partial charge on any atom is 0.249 e. The smallest absolute Gasteiger partial charge is 0.249 e. The molecule has 0 aliphatic carbocycles. The Morgan fingerprint density at radius 1 is 1.28 bits per heavy atom. The Morgan fingerprint density at radius 2 is 2.00 bits per heavy atom. The maximum absolute atomic E-state index is 11.3. The van der Waals surface area contributed by atoms with Gasteiger partial charge in [-0.25, -0.2) is 4.68 Å². The predicted molar refractivity (Wildman–Crippen MR) is 69.7 cm³/mol. The van der Waals surface area contributed by atoms with Gasteiger partial charge < -0.3 is 0 Å². The van der Waals surface area contributed by atoms with Gasteiger partial charge in [0.05, 0.1) is 5.69 Å². The molecule has 0 aliphatic rings. The Balaban J connectivity index is 2.33. The van der Waals surface area contributed by atoms with E-state index in [9.17, 15) is 4.79 Å². The number of carbonyl (C=O) groups excluding carboxylic acids is 1. The second-order valence-corrected chi connectivity index (χ2v) is 3.85. The molecule has 1 N–H and O–H groups in total. The second kappa shape index (κ2) is 5.44. The number of amides is 1. The molecule has 1 aromatic carbocycles. The maximum atomic E-state index is 11.3. The standard InChI is InChI=1S/C13H16N4O/c1-3-11-14-13(15-12(18)4-2)16-17(11)10-8-6-5-7-9-10/h5-9H,3-4H2,1-2H3,(H,15,16,18). The number of hydrogen-bond donors (Lipinski definition) is 1. The number of nitrogens with one attached hydrogen (secondary N) is 1. The van der Waals surface area contributed by atoms with E-state index in [1.807, 2.05) is 37.3 Å². The SMILES string of the molecule is CCC(=O)Nc1nc(CC)n(-c2ccccc2)n1. The predicted octanol–water partition coefficient (Wildman–Crippen LogP) is 2.18. The number of hydrogen-bond acceptors (Lipinski definition) is 3. The van der Waals surface area contributed by atoms with E-state index in [1.165, 1.54) is 0 Å². The molecule has 2 rings (SSSR count). The molecule has 94 valence electrons. The molecule has 0 atom stereocenters. The minimum Gasteiger partial charge on any atom is -0.293 e. The van der Waals surface area contributed by atoms with Crippen molar-refractivity contribution in [2.24, 2.45) is 0 Å². The first-order valence-corrected chi connectivity index (χ1v) is 6.05. The van der Waals surface area contributed by atoms with Crippen LogP contribution in [0.4, 0.5) is 5.95 Å². The Labute approximate surface area is 106 Å². The Hall–Kier alpha value is -2.17. The van der Waals surface area contributed by atoms with Gasteiger partial charge in [-0.15, -0.1) is 5.10 Å². The molecule has 1 amide bonds. The van der Waals surface area contributed by atoms with Crippen LogP contribution in [0.5, 0.6) is 0 Å². The third-order valence-corrected chi connectivity index (χ3v) is 2.56. The molecule has 0 unspecified atom stereocenters. The van der Waals surface area contributed by atoms with E-state index in [-0.39, 0.29) is 5.91 Å². The fraction of sp³-hybridized carbons (Fsp3) is 0.308. The van der Waals surface area contributed by atoms with E-state index in [0.29, 0.717) is 12.4 Å². The van der Waals surface area contributed by atoms with Gasteiger partial charge in [0.15, 0.2) is 0 Å². The highest BCUT2D eigenvalue weighted by Crippen LogP contribution is 2.12. The number of aromatic nitrogens is 3. The molecule has 0 aliphatic heterocycles. The van der Waals surface area contributed by atoms with Crippen molar-refractivity contribution >= 4 is 11.9 Å². The lowest BCUT2D eigenvalue weighted by Gasteiger charge is -2.02. The minimum atomic E-state index is -0.0807.